The van der Waals surface area contributed by atoms with Crippen molar-refractivity contribution in [3.8, 4) is 0 Å². The molecule has 0 saturated heterocycles. The zero-order chi connectivity index (χ0) is 12.2. The van der Waals surface area contributed by atoms with Crippen molar-refractivity contribution in [3.05, 3.63) is 0 Å². The monoisotopic (exact) mass is 239 g/mol. The molecule has 4 unspecified atom stereocenters. The summed E-state index contributed by atoms with van der Waals surface area (Å²) in [7, 11) is 0. The van der Waals surface area contributed by atoms with E-state index < -0.39 is 18.6 Å². The van der Waals surface area contributed by atoms with Crippen LogP contribution in [0.15, 0.2) is 0 Å². The van der Waals surface area contributed by atoms with Crippen LogP contribution in [0.1, 0.15) is 19.3 Å². The van der Waals surface area contributed by atoms with E-state index in [1.807, 2.05) is 0 Å². The fourth-order valence-electron chi connectivity index (χ4n) is 4.13. The number of rotatable bonds is 4. The molecule has 0 aromatic rings. The number of carbonyl (C=O) groups is 2. The summed E-state index contributed by atoms with van der Waals surface area (Å²) < 4.78 is 0. The minimum absolute atomic E-state index is 0.0228. The number of aliphatic hydroxyl groups excluding tert-OH is 1. The third kappa shape index (κ3) is 1.56. The number of aliphatic hydroxyl groups is 1. The molecule has 3 aliphatic carbocycles. The van der Waals surface area contributed by atoms with E-state index in [0.29, 0.717) is 23.7 Å². The third-order valence-electron chi connectivity index (χ3n) is 4.84. The maximum atomic E-state index is 11.9. The van der Waals surface area contributed by atoms with Gasteiger partial charge in [0, 0.05) is 5.92 Å². The van der Waals surface area contributed by atoms with Crippen LogP contribution in [0, 0.1) is 29.6 Å². The van der Waals surface area contributed by atoms with Gasteiger partial charge in [-0.3, -0.25) is 4.79 Å². The SMILES string of the molecule is O=C(N[C@H](CO)C(=O)O)C1C2C3CCC(C3)C12. The summed E-state index contributed by atoms with van der Waals surface area (Å²) in [5.74, 6) is 1.07. The van der Waals surface area contributed by atoms with Crippen LogP contribution in [0.5, 0.6) is 0 Å². The summed E-state index contributed by atoms with van der Waals surface area (Å²) in [5.41, 5.74) is 0. The van der Waals surface area contributed by atoms with Crippen LogP contribution in [-0.4, -0.2) is 34.7 Å². The first-order chi connectivity index (χ1) is 8.13. The van der Waals surface area contributed by atoms with Gasteiger partial charge < -0.3 is 15.5 Å². The Bertz CT molecular complexity index is 354. The van der Waals surface area contributed by atoms with Gasteiger partial charge in [0.15, 0.2) is 0 Å². The molecule has 0 spiro atoms. The predicted molar refractivity (Wildman–Crippen MR) is 58.0 cm³/mol. The van der Waals surface area contributed by atoms with Gasteiger partial charge >= 0.3 is 5.97 Å². The van der Waals surface area contributed by atoms with Gasteiger partial charge in [-0.05, 0) is 42.9 Å². The van der Waals surface area contributed by atoms with Crippen LogP contribution in [0.4, 0.5) is 0 Å². The highest BCUT2D eigenvalue weighted by atomic mass is 16.4. The number of amides is 1. The van der Waals surface area contributed by atoms with E-state index in [9.17, 15) is 9.59 Å². The van der Waals surface area contributed by atoms with Crippen molar-refractivity contribution in [2.75, 3.05) is 6.61 Å². The number of nitrogens with one attached hydrogen (secondary N) is 1. The molecule has 0 heterocycles. The predicted octanol–water partition coefficient (Wildman–Crippen LogP) is -0.160. The Morgan fingerprint density at radius 1 is 1.24 bits per heavy atom. The highest BCUT2D eigenvalue weighted by molar-refractivity contribution is 5.87. The summed E-state index contributed by atoms with van der Waals surface area (Å²) >= 11 is 0. The van der Waals surface area contributed by atoms with E-state index in [4.69, 9.17) is 10.2 Å². The van der Waals surface area contributed by atoms with Gasteiger partial charge in [-0.25, -0.2) is 4.79 Å². The van der Waals surface area contributed by atoms with Crippen LogP contribution in [-0.2, 0) is 9.59 Å². The highest BCUT2D eigenvalue weighted by Gasteiger charge is 2.67. The summed E-state index contributed by atoms with van der Waals surface area (Å²) in [5, 5.41) is 20.1. The van der Waals surface area contributed by atoms with Crippen molar-refractivity contribution in [1.29, 1.82) is 0 Å². The number of hydrogen-bond acceptors (Lipinski definition) is 3. The lowest BCUT2D eigenvalue weighted by Gasteiger charge is -2.13. The molecule has 3 rings (SSSR count). The molecule has 17 heavy (non-hydrogen) atoms. The fourth-order valence-corrected chi connectivity index (χ4v) is 4.13. The first kappa shape index (κ1) is 11.0. The van der Waals surface area contributed by atoms with E-state index in [1.165, 1.54) is 19.3 Å². The van der Waals surface area contributed by atoms with Gasteiger partial charge in [0.2, 0.25) is 5.91 Å². The highest BCUT2D eigenvalue weighted by Crippen LogP contribution is 2.69. The molecule has 0 radical (unpaired) electrons. The molecule has 3 aliphatic rings. The van der Waals surface area contributed by atoms with E-state index in [-0.39, 0.29) is 11.8 Å². The third-order valence-corrected chi connectivity index (χ3v) is 4.84. The van der Waals surface area contributed by atoms with Gasteiger partial charge in [-0.15, -0.1) is 0 Å². The number of fused-ring (bicyclic) bond motifs is 5. The van der Waals surface area contributed by atoms with E-state index >= 15 is 0 Å². The zero-order valence-electron chi connectivity index (χ0n) is 9.50. The Kier molecular flexibility index (Phi) is 2.40. The molecule has 3 N–H and O–H groups in total. The molecular formula is C12H17NO4. The van der Waals surface area contributed by atoms with Crippen molar-refractivity contribution in [3.63, 3.8) is 0 Å². The topological polar surface area (TPSA) is 86.6 Å². The lowest BCUT2D eigenvalue weighted by atomic mass is 10.0. The van der Waals surface area contributed by atoms with Gasteiger partial charge in [-0.2, -0.15) is 0 Å². The Labute approximate surface area is 99.2 Å². The second-order valence-electron chi connectivity index (χ2n) is 5.60. The molecular weight excluding hydrogens is 222 g/mol. The quantitative estimate of drug-likeness (QED) is 0.636. The average Bonchev–Trinajstić information content (AvgIpc) is 2.75. The van der Waals surface area contributed by atoms with Crippen molar-refractivity contribution in [2.24, 2.45) is 29.6 Å². The Hall–Kier alpha value is -1.10. The van der Waals surface area contributed by atoms with Crippen molar-refractivity contribution in [2.45, 2.75) is 25.3 Å². The molecule has 2 bridgehead atoms. The number of carbonyl (C=O) groups excluding carboxylic acids is 1. The number of carboxylic acid groups (broad SMARTS) is 1. The van der Waals surface area contributed by atoms with Gasteiger partial charge in [0.05, 0.1) is 6.61 Å². The minimum Gasteiger partial charge on any atom is -0.480 e. The fraction of sp³-hybridized carbons (Fsp3) is 0.833. The molecule has 3 fully saturated rings. The first-order valence-electron chi connectivity index (χ1n) is 6.27. The summed E-state index contributed by atoms with van der Waals surface area (Å²) in [6.07, 6.45) is 3.73. The molecule has 1 amide bonds. The lowest BCUT2D eigenvalue weighted by Crippen LogP contribution is -2.44. The Morgan fingerprint density at radius 3 is 2.29 bits per heavy atom. The van der Waals surface area contributed by atoms with Crippen LogP contribution < -0.4 is 5.32 Å². The molecule has 0 aliphatic heterocycles. The molecule has 5 nitrogen and oxygen atoms in total. The van der Waals surface area contributed by atoms with Gasteiger partial charge in [0.1, 0.15) is 6.04 Å². The number of carboxylic acids is 1. The summed E-state index contributed by atoms with van der Waals surface area (Å²) in [6.45, 7) is -0.546. The molecule has 94 valence electrons. The summed E-state index contributed by atoms with van der Waals surface area (Å²) in [6, 6.07) is -1.15. The van der Waals surface area contributed by atoms with Gasteiger partial charge in [-0.1, -0.05) is 0 Å². The largest absolute Gasteiger partial charge is 0.480 e. The molecule has 5 atom stereocenters. The Balaban J connectivity index is 1.60. The molecule has 5 heteroatoms. The van der Waals surface area contributed by atoms with Crippen LogP contribution in [0.2, 0.25) is 0 Å². The average molecular weight is 239 g/mol. The smallest absolute Gasteiger partial charge is 0.328 e. The van der Waals surface area contributed by atoms with E-state index in [2.05, 4.69) is 5.32 Å². The minimum atomic E-state index is -1.17. The van der Waals surface area contributed by atoms with Crippen molar-refractivity contribution >= 4 is 11.9 Å². The van der Waals surface area contributed by atoms with Crippen LogP contribution in [0.3, 0.4) is 0 Å². The first-order valence-corrected chi connectivity index (χ1v) is 6.27. The standard InChI is InChI=1S/C12H17NO4/c14-4-7(12(16)17)13-11(15)10-8-5-1-2-6(3-5)9(8)10/h5-10,14H,1-4H2,(H,13,15)(H,16,17)/t5?,6?,7-,8?,9?,10?/m1/s1. The molecule has 3 saturated carbocycles. The van der Waals surface area contributed by atoms with E-state index in [1.54, 1.807) is 0 Å². The Morgan fingerprint density at radius 2 is 1.82 bits per heavy atom. The summed E-state index contributed by atoms with van der Waals surface area (Å²) in [4.78, 5) is 22.6. The maximum Gasteiger partial charge on any atom is 0.328 e. The van der Waals surface area contributed by atoms with Crippen molar-refractivity contribution < 1.29 is 19.8 Å². The number of hydrogen-bond donors (Lipinski definition) is 3. The lowest BCUT2D eigenvalue weighted by molar-refractivity contribution is -0.143. The normalized spacial score (nSPS) is 43.0. The maximum absolute atomic E-state index is 11.9. The second-order valence-corrected chi connectivity index (χ2v) is 5.60. The zero-order valence-corrected chi connectivity index (χ0v) is 9.50. The van der Waals surface area contributed by atoms with Crippen LogP contribution in [0.25, 0.3) is 0 Å². The molecule has 0 aromatic carbocycles. The second kappa shape index (κ2) is 3.70. The van der Waals surface area contributed by atoms with Crippen LogP contribution >= 0.6 is 0 Å². The van der Waals surface area contributed by atoms with E-state index in [0.717, 1.165) is 0 Å². The van der Waals surface area contributed by atoms with Crippen molar-refractivity contribution in [1.82, 2.24) is 5.32 Å². The van der Waals surface area contributed by atoms with Gasteiger partial charge in [0.25, 0.3) is 0 Å². The molecule has 0 aromatic heterocycles. The number of aliphatic carboxylic acids is 1.